The van der Waals surface area contributed by atoms with Gasteiger partial charge >= 0.3 is 0 Å². The number of nitrogens with zero attached hydrogens (tertiary/aromatic N) is 1. The molecule has 0 bridgehead atoms. The van der Waals surface area contributed by atoms with Gasteiger partial charge in [-0.15, -0.1) is 12.4 Å². The van der Waals surface area contributed by atoms with Crippen molar-refractivity contribution in [3.05, 3.63) is 30.0 Å². The molecule has 1 aromatic heterocycles. The van der Waals surface area contributed by atoms with Crippen molar-refractivity contribution in [2.24, 2.45) is 0 Å². The molecule has 0 fully saturated rings. The fourth-order valence-electron chi connectivity index (χ4n) is 1.73. The van der Waals surface area contributed by atoms with E-state index in [1.165, 1.54) is 0 Å². The Kier molecular flexibility index (Phi) is 4.40. The average Bonchev–Trinajstić information content (AvgIpc) is 2.70. The van der Waals surface area contributed by atoms with E-state index >= 15 is 0 Å². The van der Waals surface area contributed by atoms with Gasteiger partial charge < -0.3 is 10.5 Å². The van der Waals surface area contributed by atoms with E-state index in [0.717, 1.165) is 29.0 Å². The van der Waals surface area contributed by atoms with Crippen molar-refractivity contribution in [3.63, 3.8) is 0 Å². The molecule has 0 atom stereocenters. The minimum absolute atomic E-state index is 0. The van der Waals surface area contributed by atoms with Crippen molar-refractivity contribution in [1.82, 2.24) is 10.2 Å². The number of hydrogen-bond acceptors (Lipinski definition) is 3. The molecule has 0 unspecified atom stereocenters. The summed E-state index contributed by atoms with van der Waals surface area (Å²) in [6, 6.07) is 7.81. The van der Waals surface area contributed by atoms with Crippen molar-refractivity contribution in [2.45, 2.75) is 13.3 Å². The minimum Gasteiger partial charge on any atom is -0.497 e. The van der Waals surface area contributed by atoms with Gasteiger partial charge in [-0.1, -0.05) is 19.1 Å². The number of aromatic amines is 1. The zero-order valence-corrected chi connectivity index (χ0v) is 10.7. The number of anilines is 1. The third-order valence-corrected chi connectivity index (χ3v) is 2.60. The number of hydrogen-bond donors (Lipinski definition) is 2. The van der Waals surface area contributed by atoms with Crippen LogP contribution < -0.4 is 10.5 Å². The van der Waals surface area contributed by atoms with Crippen LogP contribution >= 0.6 is 12.4 Å². The molecule has 17 heavy (non-hydrogen) atoms. The quantitative estimate of drug-likeness (QED) is 0.884. The number of halogens is 1. The zero-order chi connectivity index (χ0) is 11.5. The van der Waals surface area contributed by atoms with E-state index in [1.807, 2.05) is 24.3 Å². The second-order valence-corrected chi connectivity index (χ2v) is 3.54. The molecule has 1 aromatic carbocycles. The zero-order valence-electron chi connectivity index (χ0n) is 9.86. The number of rotatable bonds is 3. The van der Waals surface area contributed by atoms with Crippen LogP contribution in [0.3, 0.4) is 0 Å². The molecule has 92 valence electrons. The molecule has 0 spiro atoms. The molecule has 3 N–H and O–H groups in total. The van der Waals surface area contributed by atoms with Gasteiger partial charge in [0, 0.05) is 11.3 Å². The molecule has 2 rings (SSSR count). The van der Waals surface area contributed by atoms with Gasteiger partial charge in [0.15, 0.2) is 5.82 Å². The summed E-state index contributed by atoms with van der Waals surface area (Å²) >= 11 is 0. The number of nitrogens with two attached hydrogens (primary N) is 1. The fraction of sp³-hybridized carbons (Fsp3) is 0.250. The van der Waals surface area contributed by atoms with E-state index < -0.39 is 0 Å². The first-order chi connectivity index (χ1) is 7.76. The van der Waals surface area contributed by atoms with Crippen LogP contribution in [0, 0.1) is 0 Å². The summed E-state index contributed by atoms with van der Waals surface area (Å²) in [5, 5.41) is 6.97. The van der Waals surface area contributed by atoms with Gasteiger partial charge in [0.25, 0.3) is 0 Å². The Hall–Kier alpha value is -1.68. The molecule has 0 aliphatic heterocycles. The number of nitrogen functional groups attached to an aromatic ring is 1. The van der Waals surface area contributed by atoms with E-state index in [2.05, 4.69) is 17.1 Å². The predicted molar refractivity (Wildman–Crippen MR) is 71.6 cm³/mol. The Balaban J connectivity index is 0.00000144. The number of benzene rings is 1. The van der Waals surface area contributed by atoms with E-state index in [4.69, 9.17) is 10.5 Å². The van der Waals surface area contributed by atoms with Crippen molar-refractivity contribution < 1.29 is 4.74 Å². The highest BCUT2D eigenvalue weighted by molar-refractivity contribution is 5.85. The molecule has 0 saturated heterocycles. The van der Waals surface area contributed by atoms with Gasteiger partial charge in [0.2, 0.25) is 0 Å². The minimum atomic E-state index is 0. The lowest BCUT2D eigenvalue weighted by Crippen LogP contribution is -1.90. The fourth-order valence-corrected chi connectivity index (χ4v) is 1.73. The highest BCUT2D eigenvalue weighted by Crippen LogP contribution is 2.29. The molecular weight excluding hydrogens is 238 g/mol. The normalized spacial score (nSPS) is 9.76. The summed E-state index contributed by atoms with van der Waals surface area (Å²) in [7, 11) is 1.65. The maximum atomic E-state index is 5.85. The van der Waals surface area contributed by atoms with E-state index in [0.29, 0.717) is 5.82 Å². The second kappa shape index (κ2) is 5.59. The molecule has 1 heterocycles. The summed E-state index contributed by atoms with van der Waals surface area (Å²) in [6.45, 7) is 2.07. The van der Waals surface area contributed by atoms with Crippen molar-refractivity contribution >= 4 is 18.2 Å². The number of ether oxygens (including phenoxy) is 1. The molecule has 0 aliphatic carbocycles. The lowest BCUT2D eigenvalue weighted by Gasteiger charge is -2.04. The molecule has 0 saturated carbocycles. The third kappa shape index (κ3) is 2.53. The first kappa shape index (κ1) is 13.4. The summed E-state index contributed by atoms with van der Waals surface area (Å²) in [6.07, 6.45) is 0.881. The standard InChI is InChI=1S/C12H15N3O.ClH/c1-3-10-11(12(13)15-14-10)8-4-6-9(16-2)7-5-8;/h4-7H,3H2,1-2H3,(H3,13,14,15);1H. The van der Waals surface area contributed by atoms with Crippen LogP contribution in [0.4, 0.5) is 5.82 Å². The average molecular weight is 254 g/mol. The number of aromatic nitrogens is 2. The molecule has 5 heteroatoms. The van der Waals surface area contributed by atoms with Crippen LogP contribution in [0.15, 0.2) is 24.3 Å². The molecule has 0 aliphatic rings. The van der Waals surface area contributed by atoms with E-state index in [-0.39, 0.29) is 12.4 Å². The van der Waals surface area contributed by atoms with Crippen LogP contribution in [0.2, 0.25) is 0 Å². The van der Waals surface area contributed by atoms with E-state index in [9.17, 15) is 0 Å². The first-order valence-electron chi connectivity index (χ1n) is 5.23. The van der Waals surface area contributed by atoms with E-state index in [1.54, 1.807) is 7.11 Å². The Bertz CT molecular complexity index is 479. The maximum absolute atomic E-state index is 5.85. The summed E-state index contributed by atoms with van der Waals surface area (Å²) in [5.74, 6) is 1.38. The Morgan fingerprint density at radius 1 is 1.29 bits per heavy atom. The second-order valence-electron chi connectivity index (χ2n) is 3.54. The van der Waals surface area contributed by atoms with Gasteiger partial charge in [-0.25, -0.2) is 0 Å². The van der Waals surface area contributed by atoms with Gasteiger partial charge in [-0.05, 0) is 24.1 Å². The van der Waals surface area contributed by atoms with Crippen LogP contribution in [0.5, 0.6) is 5.75 Å². The van der Waals surface area contributed by atoms with Crippen LogP contribution in [-0.2, 0) is 6.42 Å². The smallest absolute Gasteiger partial charge is 0.153 e. The maximum Gasteiger partial charge on any atom is 0.153 e. The topological polar surface area (TPSA) is 63.9 Å². The summed E-state index contributed by atoms with van der Waals surface area (Å²) in [4.78, 5) is 0. The predicted octanol–water partition coefficient (Wildman–Crippen LogP) is 2.65. The number of aryl methyl sites for hydroxylation is 1. The first-order valence-corrected chi connectivity index (χ1v) is 5.23. The molecular formula is C12H16ClN3O. The largest absolute Gasteiger partial charge is 0.497 e. The Labute approximate surface area is 107 Å². The molecule has 2 aromatic rings. The van der Waals surface area contributed by atoms with Crippen molar-refractivity contribution in [2.75, 3.05) is 12.8 Å². The van der Waals surface area contributed by atoms with Gasteiger partial charge in [-0.2, -0.15) is 5.10 Å². The highest BCUT2D eigenvalue weighted by atomic mass is 35.5. The van der Waals surface area contributed by atoms with Gasteiger partial charge in [0.05, 0.1) is 7.11 Å². The lowest BCUT2D eigenvalue weighted by molar-refractivity contribution is 0.415. The SMILES string of the molecule is CCc1[nH]nc(N)c1-c1ccc(OC)cc1.Cl. The highest BCUT2D eigenvalue weighted by Gasteiger charge is 2.11. The molecule has 0 amide bonds. The van der Waals surface area contributed by atoms with Crippen molar-refractivity contribution in [1.29, 1.82) is 0 Å². The molecule has 0 radical (unpaired) electrons. The summed E-state index contributed by atoms with van der Waals surface area (Å²) < 4.78 is 5.12. The van der Waals surface area contributed by atoms with Crippen molar-refractivity contribution in [3.8, 4) is 16.9 Å². The summed E-state index contributed by atoms with van der Waals surface area (Å²) in [5.41, 5.74) is 8.95. The third-order valence-electron chi connectivity index (χ3n) is 2.60. The number of methoxy groups -OCH3 is 1. The van der Waals surface area contributed by atoms with Gasteiger partial charge in [0.1, 0.15) is 5.75 Å². The van der Waals surface area contributed by atoms with Crippen LogP contribution in [0.1, 0.15) is 12.6 Å². The Morgan fingerprint density at radius 3 is 2.47 bits per heavy atom. The van der Waals surface area contributed by atoms with Crippen LogP contribution in [-0.4, -0.2) is 17.3 Å². The van der Waals surface area contributed by atoms with Gasteiger partial charge in [-0.3, -0.25) is 5.10 Å². The number of H-pyrrole nitrogens is 1. The molecule has 4 nitrogen and oxygen atoms in total. The number of nitrogens with one attached hydrogen (secondary N) is 1. The Morgan fingerprint density at radius 2 is 1.94 bits per heavy atom. The van der Waals surface area contributed by atoms with Crippen LogP contribution in [0.25, 0.3) is 11.1 Å². The monoisotopic (exact) mass is 253 g/mol. The lowest BCUT2D eigenvalue weighted by atomic mass is 10.0.